The number of rotatable bonds is 5. The number of aromatic nitrogens is 1. The Morgan fingerprint density at radius 1 is 1.39 bits per heavy atom. The van der Waals surface area contributed by atoms with Gasteiger partial charge < -0.3 is 10.2 Å². The first-order chi connectivity index (χ1) is 8.79. The molecule has 1 aliphatic rings. The molecule has 0 aliphatic carbocycles. The molecule has 0 radical (unpaired) electrons. The van der Waals surface area contributed by atoms with Crippen molar-refractivity contribution in [1.29, 1.82) is 0 Å². The summed E-state index contributed by atoms with van der Waals surface area (Å²) in [5, 5.41) is 3.71. The standard InChI is InChI=1S/C15H25N3/c1-3-10-18-11-7-14(8-12-18)17-13(2)15-6-4-5-9-16-15/h4-6,9,13-14,17H,3,7-8,10-12H2,1-2H3/t13-/m0/s1. The smallest absolute Gasteiger partial charge is 0.0570 e. The zero-order valence-electron chi connectivity index (χ0n) is 11.6. The van der Waals surface area contributed by atoms with Crippen molar-refractivity contribution in [2.75, 3.05) is 19.6 Å². The molecule has 0 unspecified atom stereocenters. The van der Waals surface area contributed by atoms with Gasteiger partial charge in [-0.1, -0.05) is 13.0 Å². The van der Waals surface area contributed by atoms with Gasteiger partial charge in [0.1, 0.15) is 0 Å². The fourth-order valence-corrected chi connectivity index (χ4v) is 2.71. The molecule has 0 saturated carbocycles. The Labute approximate surface area is 111 Å². The number of pyridine rings is 1. The van der Waals surface area contributed by atoms with E-state index in [1.54, 1.807) is 0 Å². The number of hydrogen-bond acceptors (Lipinski definition) is 3. The van der Waals surface area contributed by atoms with E-state index in [4.69, 9.17) is 0 Å². The molecular weight excluding hydrogens is 222 g/mol. The van der Waals surface area contributed by atoms with Crippen LogP contribution in [0.2, 0.25) is 0 Å². The average molecular weight is 247 g/mol. The van der Waals surface area contributed by atoms with Gasteiger partial charge in [-0.25, -0.2) is 0 Å². The predicted octanol–water partition coefficient (Wildman–Crippen LogP) is 2.61. The third kappa shape index (κ3) is 3.79. The maximum Gasteiger partial charge on any atom is 0.0570 e. The Balaban J connectivity index is 1.78. The summed E-state index contributed by atoms with van der Waals surface area (Å²) >= 11 is 0. The lowest BCUT2D eigenvalue weighted by Gasteiger charge is -2.33. The van der Waals surface area contributed by atoms with Crippen LogP contribution in [0.4, 0.5) is 0 Å². The van der Waals surface area contributed by atoms with E-state index in [1.165, 1.54) is 38.9 Å². The molecule has 1 atom stereocenters. The lowest BCUT2D eigenvalue weighted by atomic mass is 10.0. The Morgan fingerprint density at radius 2 is 2.17 bits per heavy atom. The van der Waals surface area contributed by atoms with Gasteiger partial charge in [0, 0.05) is 18.3 Å². The molecule has 1 aromatic heterocycles. The molecule has 1 aromatic rings. The molecule has 1 fully saturated rings. The Hall–Kier alpha value is -0.930. The van der Waals surface area contributed by atoms with Crippen LogP contribution in [0.3, 0.4) is 0 Å². The zero-order valence-corrected chi connectivity index (χ0v) is 11.6. The van der Waals surface area contributed by atoms with Gasteiger partial charge >= 0.3 is 0 Å². The topological polar surface area (TPSA) is 28.2 Å². The van der Waals surface area contributed by atoms with E-state index >= 15 is 0 Å². The number of nitrogens with zero attached hydrogens (tertiary/aromatic N) is 2. The van der Waals surface area contributed by atoms with Crippen molar-refractivity contribution in [2.45, 2.75) is 45.2 Å². The number of hydrogen-bond donors (Lipinski definition) is 1. The highest BCUT2D eigenvalue weighted by Gasteiger charge is 2.20. The summed E-state index contributed by atoms with van der Waals surface area (Å²) in [5.41, 5.74) is 1.15. The number of likely N-dealkylation sites (tertiary alicyclic amines) is 1. The van der Waals surface area contributed by atoms with E-state index in [0.29, 0.717) is 12.1 Å². The fraction of sp³-hybridized carbons (Fsp3) is 0.667. The highest BCUT2D eigenvalue weighted by Crippen LogP contribution is 2.15. The molecular formula is C15H25N3. The second-order valence-corrected chi connectivity index (χ2v) is 5.26. The van der Waals surface area contributed by atoms with Crippen molar-refractivity contribution < 1.29 is 0 Å². The summed E-state index contributed by atoms with van der Waals surface area (Å²) in [6.45, 7) is 8.19. The number of piperidine rings is 1. The normalized spacial score (nSPS) is 19.9. The quantitative estimate of drug-likeness (QED) is 0.867. The van der Waals surface area contributed by atoms with E-state index in [2.05, 4.69) is 41.2 Å². The van der Waals surface area contributed by atoms with Gasteiger partial charge in [-0.3, -0.25) is 4.98 Å². The van der Waals surface area contributed by atoms with Crippen molar-refractivity contribution in [3.8, 4) is 0 Å². The van der Waals surface area contributed by atoms with Gasteiger partial charge in [-0.2, -0.15) is 0 Å². The molecule has 0 bridgehead atoms. The summed E-state index contributed by atoms with van der Waals surface area (Å²) in [6, 6.07) is 7.14. The minimum Gasteiger partial charge on any atom is -0.306 e. The molecule has 1 aliphatic heterocycles. The SMILES string of the molecule is CCCN1CCC(N[C@@H](C)c2ccccn2)CC1. The van der Waals surface area contributed by atoms with Gasteiger partial charge in [0.15, 0.2) is 0 Å². The summed E-state index contributed by atoms with van der Waals surface area (Å²) in [4.78, 5) is 6.99. The number of nitrogens with one attached hydrogen (secondary N) is 1. The molecule has 2 heterocycles. The molecule has 3 nitrogen and oxygen atoms in total. The zero-order chi connectivity index (χ0) is 12.8. The van der Waals surface area contributed by atoms with Crippen LogP contribution in [0, 0.1) is 0 Å². The Morgan fingerprint density at radius 3 is 2.78 bits per heavy atom. The molecule has 0 aromatic carbocycles. The van der Waals surface area contributed by atoms with Gasteiger partial charge in [0.25, 0.3) is 0 Å². The summed E-state index contributed by atoms with van der Waals surface area (Å²) in [5.74, 6) is 0. The highest BCUT2D eigenvalue weighted by molar-refractivity contribution is 5.08. The van der Waals surface area contributed by atoms with Crippen LogP contribution in [0.5, 0.6) is 0 Å². The first kappa shape index (κ1) is 13.5. The summed E-state index contributed by atoms with van der Waals surface area (Å²) < 4.78 is 0. The lowest BCUT2D eigenvalue weighted by Crippen LogP contribution is -2.43. The van der Waals surface area contributed by atoms with Crippen molar-refractivity contribution in [1.82, 2.24) is 15.2 Å². The van der Waals surface area contributed by atoms with Gasteiger partial charge in [0.05, 0.1) is 5.69 Å². The maximum absolute atomic E-state index is 4.42. The monoisotopic (exact) mass is 247 g/mol. The van der Waals surface area contributed by atoms with E-state index in [0.717, 1.165) is 5.69 Å². The van der Waals surface area contributed by atoms with E-state index in [1.807, 2.05) is 12.3 Å². The molecule has 1 N–H and O–H groups in total. The largest absolute Gasteiger partial charge is 0.306 e. The third-order valence-corrected chi connectivity index (χ3v) is 3.74. The average Bonchev–Trinajstić information content (AvgIpc) is 2.42. The van der Waals surface area contributed by atoms with Crippen LogP contribution in [0.25, 0.3) is 0 Å². The second-order valence-electron chi connectivity index (χ2n) is 5.26. The van der Waals surface area contributed by atoms with Crippen LogP contribution in [-0.4, -0.2) is 35.6 Å². The molecule has 1 saturated heterocycles. The van der Waals surface area contributed by atoms with Crippen molar-refractivity contribution >= 4 is 0 Å². The van der Waals surface area contributed by atoms with Gasteiger partial charge in [0.2, 0.25) is 0 Å². The molecule has 0 amide bonds. The summed E-state index contributed by atoms with van der Waals surface area (Å²) in [6.07, 6.45) is 5.66. The molecule has 18 heavy (non-hydrogen) atoms. The van der Waals surface area contributed by atoms with Crippen molar-refractivity contribution in [3.63, 3.8) is 0 Å². The first-order valence-corrected chi connectivity index (χ1v) is 7.19. The molecule has 2 rings (SSSR count). The minimum absolute atomic E-state index is 0.355. The minimum atomic E-state index is 0.355. The Kier molecular flexibility index (Phi) is 5.14. The molecule has 100 valence electrons. The van der Waals surface area contributed by atoms with E-state index in [-0.39, 0.29) is 0 Å². The van der Waals surface area contributed by atoms with Gasteiger partial charge in [-0.05, 0) is 58.0 Å². The van der Waals surface area contributed by atoms with Crippen LogP contribution < -0.4 is 5.32 Å². The van der Waals surface area contributed by atoms with Crippen molar-refractivity contribution in [2.24, 2.45) is 0 Å². The van der Waals surface area contributed by atoms with Crippen LogP contribution in [0.1, 0.15) is 44.8 Å². The van der Waals surface area contributed by atoms with Gasteiger partial charge in [-0.15, -0.1) is 0 Å². The third-order valence-electron chi connectivity index (χ3n) is 3.74. The van der Waals surface area contributed by atoms with Crippen LogP contribution >= 0.6 is 0 Å². The summed E-state index contributed by atoms with van der Waals surface area (Å²) in [7, 11) is 0. The predicted molar refractivity (Wildman–Crippen MR) is 75.5 cm³/mol. The van der Waals surface area contributed by atoms with Crippen molar-refractivity contribution in [3.05, 3.63) is 30.1 Å². The van der Waals surface area contributed by atoms with E-state index < -0.39 is 0 Å². The molecule has 0 spiro atoms. The lowest BCUT2D eigenvalue weighted by molar-refractivity contribution is 0.192. The van der Waals surface area contributed by atoms with E-state index in [9.17, 15) is 0 Å². The second kappa shape index (κ2) is 6.86. The fourth-order valence-electron chi connectivity index (χ4n) is 2.71. The maximum atomic E-state index is 4.42. The van der Waals surface area contributed by atoms with Crippen LogP contribution in [-0.2, 0) is 0 Å². The Bertz CT molecular complexity index is 331. The first-order valence-electron chi connectivity index (χ1n) is 7.19. The molecule has 3 heteroatoms. The van der Waals surface area contributed by atoms with Crippen LogP contribution in [0.15, 0.2) is 24.4 Å². The highest BCUT2D eigenvalue weighted by atomic mass is 15.1.